The Morgan fingerprint density at radius 2 is 1.96 bits per heavy atom. The van der Waals surface area contributed by atoms with Crippen LogP contribution in [0.2, 0.25) is 0 Å². The van der Waals surface area contributed by atoms with E-state index in [1.807, 2.05) is 32.2 Å². The molecule has 6 nitrogen and oxygen atoms in total. The highest BCUT2D eigenvalue weighted by molar-refractivity contribution is 7.16. The van der Waals surface area contributed by atoms with Gasteiger partial charge in [-0.25, -0.2) is 4.79 Å². The van der Waals surface area contributed by atoms with Crippen LogP contribution >= 0.6 is 11.3 Å². The van der Waals surface area contributed by atoms with Crippen molar-refractivity contribution in [1.29, 1.82) is 0 Å². The van der Waals surface area contributed by atoms with Crippen molar-refractivity contribution in [2.24, 2.45) is 0 Å². The molecule has 0 atom stereocenters. The molecule has 0 N–H and O–H groups in total. The number of nitrogens with zero attached hydrogens (tertiary/aromatic N) is 2. The van der Waals surface area contributed by atoms with Gasteiger partial charge >= 0.3 is 10.8 Å². The second kappa shape index (κ2) is 6.84. The van der Waals surface area contributed by atoms with Crippen molar-refractivity contribution >= 4 is 33.0 Å². The summed E-state index contributed by atoms with van der Waals surface area (Å²) in [6, 6.07) is 3.73. The standard InChI is InChI=1S/C18H20N2O4S/c1-4-9-19-16(21)14-15(25-18(19)23)13(17(22)24-6-3)12-8-7-11(5-2)10-20(12)14/h7-8,10H,4-6,9H2,1-3H3. The molecule has 3 aromatic rings. The van der Waals surface area contributed by atoms with Crippen LogP contribution in [-0.2, 0) is 17.7 Å². The Hall–Kier alpha value is -2.41. The number of rotatable bonds is 5. The molecule has 0 saturated heterocycles. The third-order valence-corrected chi connectivity index (χ3v) is 5.14. The number of aromatic nitrogens is 2. The van der Waals surface area contributed by atoms with E-state index in [1.165, 1.54) is 4.57 Å². The molecule has 0 spiro atoms. The SMILES string of the molecule is CCCn1c(=O)sc2c(C(=O)OCC)c3ccc(CC)cn3c2c1=O. The topological polar surface area (TPSA) is 69.8 Å². The number of hydrogen-bond donors (Lipinski definition) is 0. The van der Waals surface area contributed by atoms with E-state index in [1.54, 1.807) is 11.3 Å². The minimum atomic E-state index is -0.512. The lowest BCUT2D eigenvalue weighted by atomic mass is 10.2. The van der Waals surface area contributed by atoms with Gasteiger partial charge in [0.2, 0.25) is 0 Å². The van der Waals surface area contributed by atoms with Gasteiger partial charge in [0.05, 0.1) is 16.8 Å². The monoisotopic (exact) mass is 360 g/mol. The lowest BCUT2D eigenvalue weighted by molar-refractivity contribution is 0.0531. The van der Waals surface area contributed by atoms with Crippen LogP contribution in [0, 0.1) is 0 Å². The summed E-state index contributed by atoms with van der Waals surface area (Å²) in [4.78, 5) is 37.5. The highest BCUT2D eigenvalue weighted by atomic mass is 32.1. The second-order valence-corrected chi connectivity index (χ2v) is 6.71. The summed E-state index contributed by atoms with van der Waals surface area (Å²) in [5, 5.41) is 0. The van der Waals surface area contributed by atoms with Crippen LogP contribution in [0.3, 0.4) is 0 Å². The maximum Gasteiger partial charge on any atom is 0.341 e. The fraction of sp³-hybridized carbons (Fsp3) is 0.389. The molecular weight excluding hydrogens is 340 g/mol. The van der Waals surface area contributed by atoms with Crippen molar-refractivity contribution in [1.82, 2.24) is 8.97 Å². The third kappa shape index (κ3) is 2.78. The predicted octanol–water partition coefficient (Wildman–Crippen LogP) is 2.83. The summed E-state index contributed by atoms with van der Waals surface area (Å²) < 4.78 is 8.53. The number of aryl methyl sites for hydroxylation is 1. The first-order valence-electron chi connectivity index (χ1n) is 8.41. The Kier molecular flexibility index (Phi) is 4.76. The van der Waals surface area contributed by atoms with E-state index in [4.69, 9.17) is 4.74 Å². The number of carbonyl (C=O) groups is 1. The maximum absolute atomic E-state index is 12.9. The molecule has 0 saturated carbocycles. The molecule has 25 heavy (non-hydrogen) atoms. The fourth-order valence-electron chi connectivity index (χ4n) is 2.96. The third-order valence-electron chi connectivity index (χ3n) is 4.14. The minimum Gasteiger partial charge on any atom is -0.462 e. The number of ether oxygens (including phenoxy) is 1. The number of fused-ring (bicyclic) bond motifs is 3. The largest absolute Gasteiger partial charge is 0.462 e. The molecule has 3 heterocycles. The molecule has 0 aromatic carbocycles. The molecule has 7 heteroatoms. The quantitative estimate of drug-likeness (QED) is 0.656. The lowest BCUT2D eigenvalue weighted by Crippen LogP contribution is -2.31. The van der Waals surface area contributed by atoms with Crippen LogP contribution in [0.15, 0.2) is 27.9 Å². The highest BCUT2D eigenvalue weighted by Gasteiger charge is 2.24. The van der Waals surface area contributed by atoms with Crippen molar-refractivity contribution in [3.8, 4) is 0 Å². The summed E-state index contributed by atoms with van der Waals surface area (Å²) in [5.41, 5.74) is 1.93. The molecule has 3 aromatic heterocycles. The zero-order valence-corrected chi connectivity index (χ0v) is 15.3. The predicted molar refractivity (Wildman–Crippen MR) is 98.9 cm³/mol. The second-order valence-electron chi connectivity index (χ2n) is 5.74. The molecule has 0 aliphatic rings. The van der Waals surface area contributed by atoms with E-state index in [0.717, 1.165) is 23.3 Å². The van der Waals surface area contributed by atoms with Crippen LogP contribution < -0.4 is 10.4 Å². The average molecular weight is 360 g/mol. The number of carbonyl (C=O) groups excluding carboxylic acids is 1. The summed E-state index contributed by atoms with van der Waals surface area (Å²) in [5.74, 6) is -0.512. The maximum atomic E-state index is 12.9. The van der Waals surface area contributed by atoms with E-state index < -0.39 is 5.97 Å². The van der Waals surface area contributed by atoms with Crippen LogP contribution in [0.4, 0.5) is 0 Å². The van der Waals surface area contributed by atoms with Crippen LogP contribution in [0.25, 0.3) is 15.7 Å². The van der Waals surface area contributed by atoms with Crippen molar-refractivity contribution in [2.75, 3.05) is 6.61 Å². The lowest BCUT2D eigenvalue weighted by Gasteiger charge is -2.03. The van der Waals surface area contributed by atoms with Gasteiger partial charge in [0.1, 0.15) is 11.1 Å². The Morgan fingerprint density at radius 3 is 2.60 bits per heavy atom. The van der Waals surface area contributed by atoms with Crippen LogP contribution in [0.5, 0.6) is 0 Å². The first-order chi connectivity index (χ1) is 12.0. The van der Waals surface area contributed by atoms with E-state index in [-0.39, 0.29) is 17.0 Å². The van der Waals surface area contributed by atoms with Gasteiger partial charge in [-0.3, -0.25) is 14.2 Å². The fourth-order valence-corrected chi connectivity index (χ4v) is 3.99. The van der Waals surface area contributed by atoms with Gasteiger partial charge in [0, 0.05) is 12.7 Å². The molecule has 0 amide bonds. The molecule has 0 fully saturated rings. The zero-order valence-electron chi connectivity index (χ0n) is 14.5. The van der Waals surface area contributed by atoms with Gasteiger partial charge in [-0.05, 0) is 31.4 Å². The summed E-state index contributed by atoms with van der Waals surface area (Å²) in [6.45, 7) is 6.25. The normalized spacial score (nSPS) is 11.3. The average Bonchev–Trinajstić information content (AvgIpc) is 2.91. The minimum absolute atomic E-state index is 0.229. The number of esters is 1. The molecule has 3 rings (SSSR count). The molecule has 0 bridgehead atoms. The van der Waals surface area contributed by atoms with Gasteiger partial charge in [0.25, 0.3) is 5.56 Å². The van der Waals surface area contributed by atoms with E-state index in [9.17, 15) is 14.4 Å². The molecule has 0 aliphatic heterocycles. The van der Waals surface area contributed by atoms with Crippen LogP contribution in [-0.4, -0.2) is 21.5 Å². The van der Waals surface area contributed by atoms with Crippen molar-refractivity contribution in [3.05, 3.63) is 49.5 Å². The van der Waals surface area contributed by atoms with Gasteiger partial charge in [-0.1, -0.05) is 31.3 Å². The molecule has 132 valence electrons. The van der Waals surface area contributed by atoms with Gasteiger partial charge in [0.15, 0.2) is 0 Å². The summed E-state index contributed by atoms with van der Waals surface area (Å²) in [7, 11) is 0. The van der Waals surface area contributed by atoms with E-state index in [2.05, 4.69) is 0 Å². The first-order valence-corrected chi connectivity index (χ1v) is 9.22. The highest BCUT2D eigenvalue weighted by Crippen LogP contribution is 2.27. The van der Waals surface area contributed by atoms with Gasteiger partial charge in [-0.2, -0.15) is 0 Å². The molecule has 0 unspecified atom stereocenters. The first kappa shape index (κ1) is 17.4. The number of hydrogen-bond acceptors (Lipinski definition) is 5. The Balaban J connectivity index is 2.51. The van der Waals surface area contributed by atoms with E-state index in [0.29, 0.717) is 34.3 Å². The zero-order chi connectivity index (χ0) is 18.1. The van der Waals surface area contributed by atoms with Crippen molar-refractivity contribution in [2.45, 2.75) is 40.2 Å². The van der Waals surface area contributed by atoms with E-state index >= 15 is 0 Å². The van der Waals surface area contributed by atoms with Crippen LogP contribution in [0.1, 0.15) is 43.1 Å². The summed E-state index contributed by atoms with van der Waals surface area (Å²) in [6.07, 6.45) is 3.34. The van der Waals surface area contributed by atoms with Crippen molar-refractivity contribution < 1.29 is 9.53 Å². The number of pyridine rings is 1. The smallest absolute Gasteiger partial charge is 0.341 e. The van der Waals surface area contributed by atoms with Crippen molar-refractivity contribution in [3.63, 3.8) is 0 Å². The van der Waals surface area contributed by atoms with Gasteiger partial charge < -0.3 is 9.14 Å². The summed E-state index contributed by atoms with van der Waals surface area (Å²) >= 11 is 0.928. The Labute approximate surface area is 148 Å². The van der Waals surface area contributed by atoms with Gasteiger partial charge in [-0.15, -0.1) is 0 Å². The molecule has 0 radical (unpaired) electrons. The Bertz CT molecular complexity index is 1070. The molecular formula is C18H20N2O4S. The molecule has 0 aliphatic carbocycles. The Morgan fingerprint density at radius 1 is 1.20 bits per heavy atom.